The van der Waals surface area contributed by atoms with Gasteiger partial charge in [-0.2, -0.15) is 0 Å². The highest BCUT2D eigenvalue weighted by Crippen LogP contribution is 2.25. The summed E-state index contributed by atoms with van der Waals surface area (Å²) in [6, 6.07) is 12.9. The van der Waals surface area contributed by atoms with Crippen molar-refractivity contribution in [2.24, 2.45) is 0 Å². The van der Waals surface area contributed by atoms with E-state index in [0.29, 0.717) is 32.5 Å². The minimum atomic E-state index is 0.519. The van der Waals surface area contributed by atoms with E-state index in [1.807, 2.05) is 25.1 Å². The van der Waals surface area contributed by atoms with E-state index < -0.39 is 0 Å². The molecule has 28 heavy (non-hydrogen) atoms. The van der Waals surface area contributed by atoms with Crippen LogP contribution in [0.5, 0.6) is 11.5 Å². The van der Waals surface area contributed by atoms with Gasteiger partial charge in [0, 0.05) is 37.9 Å². The number of benzene rings is 1. The Hall–Kier alpha value is -2.15. The third kappa shape index (κ3) is 6.78. The molecule has 1 unspecified atom stereocenters. The third-order valence-corrected chi connectivity index (χ3v) is 4.69. The average molecular weight is 386 g/mol. The van der Waals surface area contributed by atoms with Crippen LogP contribution in [0.1, 0.15) is 18.2 Å². The van der Waals surface area contributed by atoms with E-state index in [1.165, 1.54) is 5.56 Å². The summed E-state index contributed by atoms with van der Waals surface area (Å²) in [7, 11) is 1.69. The van der Waals surface area contributed by atoms with Gasteiger partial charge in [0.2, 0.25) is 0 Å². The van der Waals surface area contributed by atoms with E-state index in [2.05, 4.69) is 28.1 Å². The summed E-state index contributed by atoms with van der Waals surface area (Å²) in [5, 5.41) is 0. The van der Waals surface area contributed by atoms with E-state index in [9.17, 15) is 0 Å². The van der Waals surface area contributed by atoms with Crippen molar-refractivity contribution in [2.75, 3.05) is 46.7 Å². The topological polar surface area (TPSA) is 52.8 Å². The molecule has 3 rings (SSSR count). The van der Waals surface area contributed by atoms with Gasteiger partial charge in [-0.25, -0.2) is 0 Å². The van der Waals surface area contributed by atoms with E-state index >= 15 is 0 Å². The number of pyridine rings is 1. The first-order valence-electron chi connectivity index (χ1n) is 9.88. The molecule has 0 spiro atoms. The SMILES string of the molecule is CCOCCOCCOc1ccc(C[C@H]2CN2Cc2ccc(OC)cc2)nc1. The summed E-state index contributed by atoms with van der Waals surface area (Å²) >= 11 is 0. The van der Waals surface area contributed by atoms with Crippen LogP contribution in [0, 0.1) is 0 Å². The Labute approximate surface area is 167 Å². The van der Waals surface area contributed by atoms with Gasteiger partial charge < -0.3 is 18.9 Å². The molecule has 1 fully saturated rings. The Balaban J connectivity index is 1.32. The molecular weight excluding hydrogens is 356 g/mol. The fourth-order valence-electron chi connectivity index (χ4n) is 3.02. The minimum absolute atomic E-state index is 0.519. The molecule has 2 atom stereocenters. The van der Waals surface area contributed by atoms with E-state index in [1.54, 1.807) is 13.3 Å². The Bertz CT molecular complexity index is 691. The summed E-state index contributed by atoms with van der Waals surface area (Å²) in [5.41, 5.74) is 2.41. The van der Waals surface area contributed by atoms with Crippen LogP contribution in [0.2, 0.25) is 0 Å². The number of aromatic nitrogens is 1. The maximum atomic E-state index is 5.66. The van der Waals surface area contributed by atoms with Crippen LogP contribution in [0.15, 0.2) is 42.6 Å². The van der Waals surface area contributed by atoms with Crippen molar-refractivity contribution in [3.05, 3.63) is 53.9 Å². The highest BCUT2D eigenvalue weighted by atomic mass is 16.5. The lowest BCUT2D eigenvalue weighted by molar-refractivity contribution is 0.0404. The molecule has 2 heterocycles. The molecule has 1 aliphatic rings. The lowest BCUT2D eigenvalue weighted by Crippen LogP contribution is -2.11. The second kappa shape index (κ2) is 11.0. The van der Waals surface area contributed by atoms with Gasteiger partial charge in [-0.1, -0.05) is 12.1 Å². The van der Waals surface area contributed by atoms with Crippen LogP contribution >= 0.6 is 0 Å². The normalized spacial score (nSPS) is 18.1. The monoisotopic (exact) mass is 386 g/mol. The molecule has 0 aliphatic carbocycles. The van der Waals surface area contributed by atoms with Crippen molar-refractivity contribution in [1.82, 2.24) is 9.88 Å². The van der Waals surface area contributed by atoms with Gasteiger partial charge in [0.05, 0.1) is 33.1 Å². The fourth-order valence-corrected chi connectivity index (χ4v) is 3.02. The van der Waals surface area contributed by atoms with Crippen LogP contribution in [0.25, 0.3) is 0 Å². The van der Waals surface area contributed by atoms with Crippen molar-refractivity contribution < 1.29 is 18.9 Å². The predicted octanol–water partition coefficient (Wildman–Crippen LogP) is 2.95. The molecular formula is C22H30N2O4. The van der Waals surface area contributed by atoms with Gasteiger partial charge in [0.25, 0.3) is 0 Å². The average Bonchev–Trinajstić information content (AvgIpc) is 3.46. The number of methoxy groups -OCH3 is 1. The molecule has 0 bridgehead atoms. The van der Waals surface area contributed by atoms with Gasteiger partial charge in [-0.05, 0) is 36.8 Å². The molecule has 0 N–H and O–H groups in total. The summed E-state index contributed by atoms with van der Waals surface area (Å²) < 4.78 is 21.5. The van der Waals surface area contributed by atoms with Crippen LogP contribution in [0.3, 0.4) is 0 Å². The van der Waals surface area contributed by atoms with Crippen LogP contribution in [0.4, 0.5) is 0 Å². The minimum Gasteiger partial charge on any atom is -0.497 e. The van der Waals surface area contributed by atoms with Crippen LogP contribution in [-0.4, -0.2) is 62.6 Å². The summed E-state index contributed by atoms with van der Waals surface area (Å²) in [4.78, 5) is 6.99. The molecule has 1 aliphatic heterocycles. The summed E-state index contributed by atoms with van der Waals surface area (Å²) in [5.74, 6) is 1.68. The molecule has 1 aromatic carbocycles. The van der Waals surface area contributed by atoms with Crippen molar-refractivity contribution in [2.45, 2.75) is 25.9 Å². The van der Waals surface area contributed by atoms with Gasteiger partial charge in [0.1, 0.15) is 18.1 Å². The quantitative estimate of drug-likeness (QED) is 0.390. The van der Waals surface area contributed by atoms with Gasteiger partial charge in [0.15, 0.2) is 0 Å². The van der Waals surface area contributed by atoms with Crippen molar-refractivity contribution >= 4 is 0 Å². The van der Waals surface area contributed by atoms with Crippen LogP contribution in [-0.2, 0) is 22.4 Å². The van der Waals surface area contributed by atoms with E-state index in [4.69, 9.17) is 18.9 Å². The number of ether oxygens (including phenoxy) is 4. The second-order valence-corrected chi connectivity index (χ2v) is 6.78. The fraction of sp³-hybridized carbons (Fsp3) is 0.500. The number of rotatable bonds is 13. The van der Waals surface area contributed by atoms with Crippen molar-refractivity contribution in [3.8, 4) is 11.5 Å². The highest BCUT2D eigenvalue weighted by Gasteiger charge is 2.33. The maximum absolute atomic E-state index is 5.66. The third-order valence-electron chi connectivity index (χ3n) is 4.69. The molecule has 152 valence electrons. The van der Waals surface area contributed by atoms with Crippen LogP contribution < -0.4 is 9.47 Å². The Morgan fingerprint density at radius 3 is 2.43 bits per heavy atom. The van der Waals surface area contributed by atoms with E-state index in [-0.39, 0.29) is 0 Å². The summed E-state index contributed by atoms with van der Waals surface area (Å²) in [6.07, 6.45) is 2.77. The lowest BCUT2D eigenvalue weighted by Gasteiger charge is -2.08. The van der Waals surface area contributed by atoms with Crippen molar-refractivity contribution in [1.29, 1.82) is 0 Å². The predicted molar refractivity (Wildman–Crippen MR) is 108 cm³/mol. The van der Waals surface area contributed by atoms with Gasteiger partial charge in [-0.15, -0.1) is 0 Å². The zero-order valence-electron chi connectivity index (χ0n) is 16.8. The van der Waals surface area contributed by atoms with Gasteiger partial charge in [-0.3, -0.25) is 9.88 Å². The first kappa shape index (κ1) is 20.6. The Morgan fingerprint density at radius 1 is 0.964 bits per heavy atom. The maximum Gasteiger partial charge on any atom is 0.137 e. The largest absolute Gasteiger partial charge is 0.497 e. The standard InChI is InChI=1S/C22H30N2O4/c1-3-26-10-11-27-12-13-28-22-9-6-19(23-15-22)14-20-17-24(20)16-18-4-7-21(25-2)8-5-18/h4-9,15,20H,3,10-14,16-17H2,1-2H3/t20-,24?/m0/s1. The Morgan fingerprint density at radius 2 is 1.71 bits per heavy atom. The summed E-state index contributed by atoms with van der Waals surface area (Å²) in [6.45, 7) is 7.08. The van der Waals surface area contributed by atoms with Crippen molar-refractivity contribution in [3.63, 3.8) is 0 Å². The molecule has 1 saturated heterocycles. The first-order chi connectivity index (χ1) is 13.8. The zero-order valence-corrected chi connectivity index (χ0v) is 16.8. The number of hydrogen-bond donors (Lipinski definition) is 0. The number of hydrogen-bond acceptors (Lipinski definition) is 6. The number of nitrogens with zero attached hydrogens (tertiary/aromatic N) is 2. The molecule has 2 aromatic rings. The van der Waals surface area contributed by atoms with E-state index in [0.717, 1.165) is 43.3 Å². The molecule has 1 aromatic heterocycles. The molecule has 0 amide bonds. The Kier molecular flexibility index (Phi) is 8.08. The zero-order chi connectivity index (χ0) is 19.6. The second-order valence-electron chi connectivity index (χ2n) is 6.78. The molecule has 0 saturated carbocycles. The lowest BCUT2D eigenvalue weighted by atomic mass is 10.2. The highest BCUT2D eigenvalue weighted by molar-refractivity contribution is 5.28. The van der Waals surface area contributed by atoms with Gasteiger partial charge >= 0.3 is 0 Å². The smallest absolute Gasteiger partial charge is 0.137 e. The first-order valence-corrected chi connectivity index (χ1v) is 9.88. The molecule has 0 radical (unpaired) electrons. The molecule has 6 nitrogen and oxygen atoms in total. The molecule has 6 heteroatoms.